The summed E-state index contributed by atoms with van der Waals surface area (Å²) in [6.45, 7) is 0. The van der Waals surface area contributed by atoms with E-state index < -0.39 is 16.5 Å². The fraction of sp³-hybridized carbons (Fsp3) is 0.143. The minimum atomic E-state index is -2.56. The van der Waals surface area contributed by atoms with Crippen molar-refractivity contribution < 1.29 is 12.8 Å². The quantitative estimate of drug-likeness (QED) is 0.814. The van der Waals surface area contributed by atoms with Crippen molar-refractivity contribution in [2.75, 3.05) is 0 Å². The molecule has 0 unspecified atom stereocenters. The minimum absolute atomic E-state index is 0.203. The van der Waals surface area contributed by atoms with Crippen LogP contribution in [-0.4, -0.2) is 8.42 Å². The highest BCUT2D eigenvalue weighted by molar-refractivity contribution is 9.10. The first-order valence-electron chi connectivity index (χ1n) is 3.15. The van der Waals surface area contributed by atoms with Gasteiger partial charge in [-0.25, -0.2) is 12.8 Å². The van der Waals surface area contributed by atoms with Gasteiger partial charge in [-0.2, -0.15) is 0 Å². The first-order valence-corrected chi connectivity index (χ1v) is 5.31. The fourth-order valence-electron chi connectivity index (χ4n) is 0.789. The number of thiol groups is 1. The van der Waals surface area contributed by atoms with Crippen molar-refractivity contribution >= 4 is 26.6 Å². The van der Waals surface area contributed by atoms with Crippen molar-refractivity contribution in [3.63, 3.8) is 0 Å². The zero-order valence-electron chi connectivity index (χ0n) is 5.96. The summed E-state index contributed by atoms with van der Waals surface area (Å²) in [5, 5.41) is 0. The van der Waals surface area contributed by atoms with Gasteiger partial charge in [0.2, 0.25) is 0 Å². The molecule has 2 nitrogen and oxygen atoms in total. The molecule has 0 N–H and O–H groups in total. The summed E-state index contributed by atoms with van der Waals surface area (Å²) in [5.41, 5.74) is 0.203. The lowest BCUT2D eigenvalue weighted by Gasteiger charge is -1.97. The van der Waals surface area contributed by atoms with E-state index in [4.69, 9.17) is 0 Å². The molecule has 0 radical (unpaired) electrons. The molecule has 0 aromatic heterocycles. The molecule has 5 heteroatoms. The molecule has 1 aromatic rings. The third kappa shape index (κ3) is 2.57. The molecule has 0 saturated carbocycles. The maximum absolute atomic E-state index is 12.9. The summed E-state index contributed by atoms with van der Waals surface area (Å²) < 4.78 is 34.0. The molecular weight excluding hydrogens is 247 g/mol. The van der Waals surface area contributed by atoms with Crippen LogP contribution in [0.4, 0.5) is 4.39 Å². The fourth-order valence-corrected chi connectivity index (χ4v) is 1.66. The first-order chi connectivity index (χ1) is 5.59. The molecule has 1 rings (SSSR count). The summed E-state index contributed by atoms with van der Waals surface area (Å²) in [7, 11) is -2.56. The van der Waals surface area contributed by atoms with Gasteiger partial charge in [0.05, 0.1) is 5.75 Å². The van der Waals surface area contributed by atoms with Gasteiger partial charge in [-0.15, -0.1) is 0 Å². The van der Waals surface area contributed by atoms with Crippen LogP contribution in [0.2, 0.25) is 0 Å². The second kappa shape index (κ2) is 4.00. The molecular formula is C7H6BrFO2S. The van der Waals surface area contributed by atoms with Crippen LogP contribution in [0.1, 0.15) is 5.56 Å². The van der Waals surface area contributed by atoms with Crippen molar-refractivity contribution in [3.05, 3.63) is 34.1 Å². The molecule has 0 amide bonds. The van der Waals surface area contributed by atoms with Crippen molar-refractivity contribution in [1.82, 2.24) is 0 Å². The van der Waals surface area contributed by atoms with E-state index in [1.165, 1.54) is 12.1 Å². The highest BCUT2D eigenvalue weighted by Crippen LogP contribution is 2.15. The number of hydrogen-bond acceptors (Lipinski definition) is 2. The van der Waals surface area contributed by atoms with Crippen LogP contribution in [-0.2, 0) is 16.5 Å². The van der Waals surface area contributed by atoms with Gasteiger partial charge in [0.25, 0.3) is 0 Å². The van der Waals surface area contributed by atoms with Gasteiger partial charge >= 0.3 is 0 Å². The summed E-state index contributed by atoms with van der Waals surface area (Å²) in [6.07, 6.45) is 0. The van der Waals surface area contributed by atoms with E-state index >= 15 is 0 Å². The normalized spacial score (nSPS) is 10.6. The first kappa shape index (κ1) is 9.67. The van der Waals surface area contributed by atoms with E-state index in [9.17, 15) is 12.8 Å². The van der Waals surface area contributed by atoms with E-state index in [-0.39, 0.29) is 11.3 Å². The van der Waals surface area contributed by atoms with Crippen LogP contribution in [0.15, 0.2) is 22.7 Å². The molecule has 0 bridgehead atoms. The number of hydrogen-bond donors (Lipinski definition) is 1. The zero-order chi connectivity index (χ0) is 9.14. The molecule has 12 heavy (non-hydrogen) atoms. The molecule has 0 fully saturated rings. The van der Waals surface area contributed by atoms with E-state index in [0.29, 0.717) is 4.47 Å². The Kier molecular flexibility index (Phi) is 3.22. The van der Waals surface area contributed by atoms with Gasteiger partial charge in [-0.3, -0.25) is 0 Å². The van der Waals surface area contributed by atoms with E-state index in [1.54, 1.807) is 6.07 Å². The molecule has 0 atom stereocenters. The predicted molar refractivity (Wildman–Crippen MR) is 48.1 cm³/mol. The van der Waals surface area contributed by atoms with Gasteiger partial charge in [0.15, 0.2) is 0 Å². The molecule has 0 aliphatic heterocycles. The Morgan fingerprint density at radius 3 is 2.58 bits per heavy atom. The Hall–Kier alpha value is -0.420. The highest BCUT2D eigenvalue weighted by Gasteiger charge is 2.02. The standard InChI is InChI=1S/C7H6BrFO2S/c8-6-2-1-5(4-12(10)11)7(9)3-6/h1-3,12H,4H2. The molecule has 66 valence electrons. The lowest BCUT2D eigenvalue weighted by Crippen LogP contribution is -1.91. The van der Waals surface area contributed by atoms with Crippen LogP contribution in [0.3, 0.4) is 0 Å². The highest BCUT2D eigenvalue weighted by atomic mass is 79.9. The third-order valence-electron chi connectivity index (χ3n) is 1.31. The van der Waals surface area contributed by atoms with E-state index in [1.807, 2.05) is 0 Å². The molecule has 0 aliphatic rings. The molecule has 1 aromatic carbocycles. The second-order valence-corrected chi connectivity index (χ2v) is 4.12. The maximum Gasteiger partial charge on any atom is 0.144 e. The Labute approximate surface area is 79.5 Å². The lowest BCUT2D eigenvalue weighted by molar-refractivity contribution is 0.600. The smallest absolute Gasteiger partial charge is 0.144 e. The minimum Gasteiger partial charge on any atom is -0.232 e. The molecule has 0 saturated heterocycles. The van der Waals surface area contributed by atoms with Gasteiger partial charge in [-0.1, -0.05) is 22.0 Å². The largest absolute Gasteiger partial charge is 0.232 e. The lowest BCUT2D eigenvalue weighted by atomic mass is 10.2. The predicted octanol–water partition coefficient (Wildman–Crippen LogP) is 1.70. The van der Waals surface area contributed by atoms with Gasteiger partial charge in [0.1, 0.15) is 16.5 Å². The van der Waals surface area contributed by atoms with Gasteiger partial charge in [0, 0.05) is 10.0 Å². The van der Waals surface area contributed by atoms with Gasteiger partial charge < -0.3 is 0 Å². The Morgan fingerprint density at radius 1 is 1.42 bits per heavy atom. The number of benzene rings is 1. The topological polar surface area (TPSA) is 34.1 Å². The summed E-state index contributed by atoms with van der Waals surface area (Å²) in [4.78, 5) is 0. The van der Waals surface area contributed by atoms with Crippen LogP contribution in [0, 0.1) is 5.82 Å². The number of rotatable bonds is 2. The molecule has 0 aliphatic carbocycles. The Morgan fingerprint density at radius 2 is 2.08 bits per heavy atom. The zero-order valence-corrected chi connectivity index (χ0v) is 8.44. The van der Waals surface area contributed by atoms with Crippen LogP contribution in [0.25, 0.3) is 0 Å². The van der Waals surface area contributed by atoms with Gasteiger partial charge in [-0.05, 0) is 12.1 Å². The average molecular weight is 253 g/mol. The summed E-state index contributed by atoms with van der Waals surface area (Å²) >= 11 is 3.07. The molecule has 0 spiro atoms. The molecule has 0 heterocycles. The van der Waals surface area contributed by atoms with Crippen molar-refractivity contribution in [2.45, 2.75) is 5.75 Å². The van der Waals surface area contributed by atoms with Crippen molar-refractivity contribution in [3.8, 4) is 0 Å². The van der Waals surface area contributed by atoms with Crippen LogP contribution >= 0.6 is 15.9 Å². The second-order valence-electron chi connectivity index (χ2n) is 2.23. The third-order valence-corrected chi connectivity index (χ3v) is 2.41. The van der Waals surface area contributed by atoms with Crippen molar-refractivity contribution in [2.24, 2.45) is 0 Å². The maximum atomic E-state index is 12.9. The van der Waals surface area contributed by atoms with E-state index in [0.717, 1.165) is 0 Å². The SMILES string of the molecule is O=[SH](=O)Cc1ccc(Br)cc1F. The van der Waals surface area contributed by atoms with E-state index in [2.05, 4.69) is 15.9 Å². The Bertz CT molecular complexity index is 354. The van der Waals surface area contributed by atoms with Crippen LogP contribution in [0.5, 0.6) is 0 Å². The van der Waals surface area contributed by atoms with Crippen LogP contribution < -0.4 is 0 Å². The monoisotopic (exact) mass is 252 g/mol. The summed E-state index contributed by atoms with van der Waals surface area (Å²) in [5.74, 6) is -0.738. The summed E-state index contributed by atoms with van der Waals surface area (Å²) in [6, 6.07) is 4.30. The Balaban J connectivity index is 3.01. The van der Waals surface area contributed by atoms with Crippen molar-refractivity contribution in [1.29, 1.82) is 0 Å². The number of halogens is 2. The average Bonchev–Trinajstić information content (AvgIpc) is 1.94.